The first-order valence-electron chi connectivity index (χ1n) is 10.5. The van der Waals surface area contributed by atoms with Crippen molar-refractivity contribution in [1.82, 2.24) is 5.32 Å². The highest BCUT2D eigenvalue weighted by molar-refractivity contribution is 8.13. The minimum Gasteiger partial charge on any atom is -0.479 e. The Morgan fingerprint density at radius 3 is 2.45 bits per heavy atom. The van der Waals surface area contributed by atoms with E-state index in [0.717, 1.165) is 0 Å². The van der Waals surface area contributed by atoms with Crippen molar-refractivity contribution in [3.8, 4) is 0 Å². The average molecular weight is 479 g/mol. The number of aliphatic carboxylic acids is 1. The van der Waals surface area contributed by atoms with Crippen molar-refractivity contribution in [2.75, 3.05) is 19.9 Å². The number of ether oxygens (including phenoxy) is 1. The molecule has 1 unspecified atom stereocenters. The third kappa shape index (κ3) is 4.67. The Morgan fingerprint density at radius 2 is 1.94 bits per heavy atom. The first-order valence-corrected chi connectivity index (χ1v) is 11.7. The molecule has 1 fully saturated rings. The highest BCUT2D eigenvalue weighted by Gasteiger charge is 2.67. The zero-order valence-corrected chi connectivity index (χ0v) is 19.4. The van der Waals surface area contributed by atoms with Gasteiger partial charge in [0.25, 0.3) is 0 Å². The molecule has 0 saturated heterocycles. The fourth-order valence-corrected chi connectivity index (χ4v) is 5.04. The van der Waals surface area contributed by atoms with Gasteiger partial charge in [-0.3, -0.25) is 10.2 Å². The number of nitrogens with one attached hydrogen (secondary N) is 2. The Hall–Kier alpha value is -2.72. The monoisotopic (exact) mass is 478 g/mol. The van der Waals surface area contributed by atoms with Gasteiger partial charge in [-0.05, 0) is 44.4 Å². The molecule has 3 aliphatic rings. The van der Waals surface area contributed by atoms with Gasteiger partial charge in [-0.25, -0.2) is 24.2 Å². The zero-order chi connectivity index (χ0) is 24.3. The van der Waals surface area contributed by atoms with Crippen molar-refractivity contribution < 1.29 is 38.8 Å². The molecule has 0 radical (unpaired) electrons. The molecule has 1 atom stereocenters. The smallest absolute Gasteiger partial charge is 0.351 e. The van der Waals surface area contributed by atoms with Gasteiger partial charge < -0.3 is 15.2 Å². The van der Waals surface area contributed by atoms with Gasteiger partial charge in [-0.15, -0.1) is 11.8 Å². The minimum atomic E-state index is -1.89. The lowest BCUT2D eigenvalue weighted by Crippen LogP contribution is -2.39. The normalized spacial score (nSPS) is 26.3. The number of ketones is 1. The molecule has 178 valence electrons. The standard InChI is InChI=1S/C22H26N2O8S/c1-11(26)17-18-15(8-13(9-25)19(17)24-2)22(18,32-30-10-16(27)28)21(29)31-14-6-4-12(5-7-14)20(23)33-3/h12,14,23-24H,4-8,10H2,1-3H3,(H,27,28)/t12-,14-,22?. The average Bonchev–Trinajstić information content (AvgIpc) is 3.44. The molecule has 0 aromatic heterocycles. The largest absolute Gasteiger partial charge is 0.479 e. The van der Waals surface area contributed by atoms with Crippen LogP contribution in [0.1, 0.15) is 39.0 Å². The summed E-state index contributed by atoms with van der Waals surface area (Å²) in [6, 6.07) is 0. The number of carbonyl (C=O) groups is 3. The van der Waals surface area contributed by atoms with Crippen molar-refractivity contribution in [3.63, 3.8) is 0 Å². The Morgan fingerprint density at radius 1 is 1.27 bits per heavy atom. The number of carbonyl (C=O) groups excluding carboxylic acids is 3. The summed E-state index contributed by atoms with van der Waals surface area (Å²) in [5, 5.41) is 20.3. The fourth-order valence-electron chi connectivity index (χ4n) is 4.47. The van der Waals surface area contributed by atoms with Gasteiger partial charge in [0.15, 0.2) is 12.4 Å². The van der Waals surface area contributed by atoms with Gasteiger partial charge >= 0.3 is 11.9 Å². The first kappa shape index (κ1) is 24.9. The van der Waals surface area contributed by atoms with Gasteiger partial charge in [-0.1, -0.05) is 0 Å². The van der Waals surface area contributed by atoms with Crippen molar-refractivity contribution in [1.29, 1.82) is 5.41 Å². The van der Waals surface area contributed by atoms with E-state index < -0.39 is 36.0 Å². The number of carboxylic acids is 1. The topological polar surface area (TPSA) is 152 Å². The molecule has 3 aliphatic carbocycles. The molecule has 0 aromatic carbocycles. The van der Waals surface area contributed by atoms with Crippen LogP contribution in [-0.4, -0.2) is 65.4 Å². The summed E-state index contributed by atoms with van der Waals surface area (Å²) in [5.41, 5.74) is -0.868. The van der Waals surface area contributed by atoms with Crippen LogP contribution in [0.3, 0.4) is 0 Å². The van der Waals surface area contributed by atoms with Gasteiger partial charge in [0.1, 0.15) is 12.0 Å². The van der Waals surface area contributed by atoms with E-state index in [1.807, 2.05) is 6.26 Å². The second-order valence-corrected chi connectivity index (χ2v) is 8.88. The van der Waals surface area contributed by atoms with Crippen LogP contribution < -0.4 is 5.32 Å². The van der Waals surface area contributed by atoms with E-state index in [0.29, 0.717) is 36.3 Å². The minimum absolute atomic E-state index is 0.0189. The van der Waals surface area contributed by atoms with E-state index in [4.69, 9.17) is 25.0 Å². The maximum atomic E-state index is 13.3. The number of Topliss-reactive ketones (excluding diaryl/α,β-unsaturated/α-hetero) is 1. The van der Waals surface area contributed by atoms with Crippen LogP contribution in [0.4, 0.5) is 0 Å². The van der Waals surface area contributed by atoms with Gasteiger partial charge in [0, 0.05) is 30.5 Å². The molecule has 11 heteroatoms. The molecule has 10 nitrogen and oxygen atoms in total. The lowest BCUT2D eigenvalue weighted by Gasteiger charge is -2.29. The lowest BCUT2D eigenvalue weighted by molar-refractivity contribution is -0.324. The molecule has 33 heavy (non-hydrogen) atoms. The molecule has 0 aromatic rings. The number of esters is 1. The van der Waals surface area contributed by atoms with Crippen LogP contribution >= 0.6 is 11.8 Å². The summed E-state index contributed by atoms with van der Waals surface area (Å²) in [7, 11) is 1.54. The Balaban J connectivity index is 1.85. The molecule has 0 aliphatic heterocycles. The number of hydrogen-bond acceptors (Lipinski definition) is 10. The highest BCUT2D eigenvalue weighted by Crippen LogP contribution is 2.58. The molecular weight excluding hydrogens is 452 g/mol. The fraction of sp³-hybridized carbons (Fsp3) is 0.545. The highest BCUT2D eigenvalue weighted by atomic mass is 32.2. The van der Waals surface area contributed by atoms with Crippen molar-refractivity contribution >= 4 is 40.5 Å². The van der Waals surface area contributed by atoms with E-state index in [1.165, 1.54) is 25.7 Å². The summed E-state index contributed by atoms with van der Waals surface area (Å²) >= 11 is 1.40. The molecular formula is C22H26N2O8S. The number of thioether (sulfide) groups is 1. The second-order valence-electron chi connectivity index (χ2n) is 8.03. The van der Waals surface area contributed by atoms with Crippen molar-refractivity contribution in [2.45, 2.75) is 50.7 Å². The quantitative estimate of drug-likeness (QED) is 0.112. The van der Waals surface area contributed by atoms with E-state index in [1.54, 1.807) is 5.94 Å². The predicted octanol–water partition coefficient (Wildman–Crippen LogP) is 1.73. The van der Waals surface area contributed by atoms with Gasteiger partial charge in [-0.2, -0.15) is 0 Å². The number of carboxylic acid groups (broad SMARTS) is 1. The zero-order valence-electron chi connectivity index (χ0n) is 18.6. The summed E-state index contributed by atoms with van der Waals surface area (Å²) in [6.07, 6.45) is 3.96. The van der Waals surface area contributed by atoms with E-state index in [-0.39, 0.29) is 34.8 Å². The van der Waals surface area contributed by atoms with Crippen LogP contribution in [0.2, 0.25) is 0 Å². The summed E-state index contributed by atoms with van der Waals surface area (Å²) in [4.78, 5) is 58.3. The predicted molar refractivity (Wildman–Crippen MR) is 118 cm³/mol. The van der Waals surface area contributed by atoms with E-state index >= 15 is 0 Å². The van der Waals surface area contributed by atoms with E-state index in [2.05, 4.69) is 5.32 Å². The first-order chi connectivity index (χ1) is 15.7. The molecule has 0 amide bonds. The third-order valence-electron chi connectivity index (χ3n) is 6.09. The van der Waals surface area contributed by atoms with E-state index in [9.17, 15) is 19.2 Å². The maximum absolute atomic E-state index is 13.3. The maximum Gasteiger partial charge on any atom is 0.351 e. The van der Waals surface area contributed by atoms with Crippen molar-refractivity contribution in [2.24, 2.45) is 5.92 Å². The SMILES string of the molecule is CNC1=C(C(C)=O)C2=C(CC1=C=O)C2(OOCC(=O)O)C(=O)O[C@H]1CC[C@H](C(=N)SC)CC1. The van der Waals surface area contributed by atoms with Crippen molar-refractivity contribution in [3.05, 3.63) is 28.0 Å². The number of rotatable bonds is 9. The Kier molecular flexibility index (Phi) is 7.58. The summed E-state index contributed by atoms with van der Waals surface area (Å²) in [5.74, 6) is -0.603. The molecule has 3 N–H and O–H groups in total. The molecule has 0 heterocycles. The summed E-state index contributed by atoms with van der Waals surface area (Å²) < 4.78 is 5.72. The number of hydrogen-bond donors (Lipinski definition) is 3. The molecule has 1 saturated carbocycles. The summed E-state index contributed by atoms with van der Waals surface area (Å²) in [6.45, 7) is 0.464. The third-order valence-corrected chi connectivity index (χ3v) is 6.86. The molecule has 3 rings (SSSR count). The van der Waals surface area contributed by atoms with Crippen LogP contribution in [0, 0.1) is 11.3 Å². The molecule has 0 bridgehead atoms. The van der Waals surface area contributed by atoms with Crippen LogP contribution in [-0.2, 0) is 33.7 Å². The number of likely N-dealkylation sites (N-methyl/N-ethyl adjacent to an activating group) is 1. The lowest BCUT2D eigenvalue weighted by atomic mass is 9.88. The van der Waals surface area contributed by atoms with Gasteiger partial charge in [0.2, 0.25) is 5.60 Å². The molecule has 0 spiro atoms. The number of allylic oxidation sites excluding steroid dienone is 1. The second kappa shape index (κ2) is 10.0. The van der Waals surface area contributed by atoms with Gasteiger partial charge in [0.05, 0.1) is 16.3 Å². The Bertz CT molecular complexity index is 1000. The Labute approximate surface area is 194 Å². The van der Waals surface area contributed by atoms with Crippen LogP contribution in [0.5, 0.6) is 0 Å². The van der Waals surface area contributed by atoms with Crippen LogP contribution in [0.25, 0.3) is 0 Å². The van der Waals surface area contributed by atoms with Crippen LogP contribution in [0.15, 0.2) is 28.0 Å².